The van der Waals surface area contributed by atoms with Crippen LogP contribution >= 0.6 is 11.6 Å². The topological polar surface area (TPSA) is 44.5 Å². The number of nitrogens with two attached hydrogens (primary N) is 1. The fourth-order valence-corrected chi connectivity index (χ4v) is 2.32. The third-order valence-electron chi connectivity index (χ3n) is 3.53. The minimum Gasteiger partial charge on any atom is -0.496 e. The highest BCUT2D eigenvalue weighted by atomic mass is 35.5. The molecular weight excluding hydrogens is 262 g/mol. The average molecular weight is 286 g/mol. The quantitative estimate of drug-likeness (QED) is 0.824. The van der Waals surface area contributed by atoms with Crippen molar-refractivity contribution in [3.8, 4) is 11.5 Å². The highest BCUT2D eigenvalue weighted by Gasteiger charge is 2.16. The lowest BCUT2D eigenvalue weighted by Crippen LogP contribution is -2.19. The van der Waals surface area contributed by atoms with E-state index in [2.05, 4.69) is 13.8 Å². The van der Waals surface area contributed by atoms with Crippen molar-refractivity contribution in [1.82, 2.24) is 0 Å². The van der Waals surface area contributed by atoms with Crippen LogP contribution in [-0.4, -0.2) is 20.3 Å². The van der Waals surface area contributed by atoms with E-state index < -0.39 is 0 Å². The third-order valence-corrected chi connectivity index (χ3v) is 3.83. The van der Waals surface area contributed by atoms with Gasteiger partial charge in [-0.05, 0) is 31.2 Å². The Bertz CT molecular complexity index is 409. The number of hydrogen-bond donors (Lipinski definition) is 1. The smallest absolute Gasteiger partial charge is 0.138 e. The summed E-state index contributed by atoms with van der Waals surface area (Å²) in [6.07, 6.45) is 3.04. The van der Waals surface area contributed by atoms with Crippen molar-refractivity contribution in [2.24, 2.45) is 5.73 Å². The fraction of sp³-hybridized carbons (Fsp3) is 0.600. The minimum absolute atomic E-state index is 0.266. The summed E-state index contributed by atoms with van der Waals surface area (Å²) in [5.41, 5.74) is 7.09. The third kappa shape index (κ3) is 4.29. The Morgan fingerprint density at radius 1 is 1.16 bits per heavy atom. The fourth-order valence-electron chi connectivity index (χ4n) is 2.09. The van der Waals surface area contributed by atoms with Crippen LogP contribution in [0, 0.1) is 0 Å². The van der Waals surface area contributed by atoms with Crippen molar-refractivity contribution in [2.45, 2.75) is 45.1 Å². The van der Waals surface area contributed by atoms with Gasteiger partial charge in [0.05, 0.1) is 19.2 Å². The lowest BCUT2D eigenvalue weighted by molar-refractivity contribution is 0.393. The van der Waals surface area contributed by atoms with Crippen molar-refractivity contribution in [3.63, 3.8) is 0 Å². The van der Waals surface area contributed by atoms with E-state index in [0.29, 0.717) is 16.7 Å². The predicted octanol–water partition coefficient (Wildman–Crippen LogP) is 3.98. The van der Waals surface area contributed by atoms with Gasteiger partial charge in [-0.15, -0.1) is 0 Å². The van der Waals surface area contributed by atoms with Crippen LogP contribution in [0.5, 0.6) is 11.5 Å². The Morgan fingerprint density at radius 2 is 1.79 bits per heavy atom. The van der Waals surface area contributed by atoms with Gasteiger partial charge in [0.25, 0.3) is 0 Å². The van der Waals surface area contributed by atoms with Gasteiger partial charge >= 0.3 is 0 Å². The molecule has 0 aliphatic carbocycles. The Balaban J connectivity index is 2.90. The monoisotopic (exact) mass is 285 g/mol. The molecule has 1 rings (SSSR count). The number of hydrogen-bond acceptors (Lipinski definition) is 3. The van der Waals surface area contributed by atoms with Gasteiger partial charge in [0.15, 0.2) is 0 Å². The Hall–Kier alpha value is -0.930. The summed E-state index contributed by atoms with van der Waals surface area (Å²) in [6, 6.07) is 4.04. The summed E-state index contributed by atoms with van der Waals surface area (Å²) in [5.74, 6) is 1.85. The molecule has 0 fully saturated rings. The molecule has 19 heavy (non-hydrogen) atoms. The molecule has 2 N–H and O–H groups in total. The van der Waals surface area contributed by atoms with Crippen LogP contribution in [-0.2, 0) is 0 Å². The van der Waals surface area contributed by atoms with Gasteiger partial charge < -0.3 is 15.2 Å². The van der Waals surface area contributed by atoms with E-state index in [1.54, 1.807) is 14.2 Å². The molecule has 0 aromatic heterocycles. The molecule has 0 saturated heterocycles. The van der Waals surface area contributed by atoms with Gasteiger partial charge in [-0.3, -0.25) is 0 Å². The highest BCUT2D eigenvalue weighted by Crippen LogP contribution is 2.37. The molecule has 4 heteroatoms. The number of methoxy groups -OCH3 is 2. The molecule has 0 amide bonds. The first kappa shape index (κ1) is 16.1. The SMILES string of the molecule is CCC(N)CCC(C)c1cc(OC)c(Cl)cc1OC. The molecule has 3 nitrogen and oxygen atoms in total. The van der Waals surface area contributed by atoms with Gasteiger partial charge in [0.2, 0.25) is 0 Å². The molecule has 0 aliphatic heterocycles. The molecule has 1 aromatic carbocycles. The number of rotatable bonds is 7. The second-order valence-electron chi connectivity index (χ2n) is 4.88. The first-order valence-corrected chi connectivity index (χ1v) is 7.08. The van der Waals surface area contributed by atoms with Gasteiger partial charge in [0.1, 0.15) is 11.5 Å². The molecule has 0 radical (unpaired) electrons. The van der Waals surface area contributed by atoms with Crippen molar-refractivity contribution in [3.05, 3.63) is 22.7 Å². The standard InChI is InChI=1S/C15H24ClNO2/c1-5-11(17)7-6-10(2)12-8-15(19-4)13(16)9-14(12)18-3/h8-11H,5-7,17H2,1-4H3. The molecule has 2 unspecified atom stereocenters. The highest BCUT2D eigenvalue weighted by molar-refractivity contribution is 6.32. The molecule has 0 heterocycles. The van der Waals surface area contributed by atoms with Gasteiger partial charge in [-0.25, -0.2) is 0 Å². The summed E-state index contributed by atoms with van der Waals surface area (Å²) >= 11 is 6.11. The molecule has 2 atom stereocenters. The average Bonchev–Trinajstić information content (AvgIpc) is 2.43. The van der Waals surface area contributed by atoms with Crippen LogP contribution < -0.4 is 15.2 Å². The molecule has 108 valence electrons. The van der Waals surface area contributed by atoms with E-state index in [1.165, 1.54) is 0 Å². The molecule has 0 saturated carbocycles. The second-order valence-corrected chi connectivity index (χ2v) is 5.28. The number of ether oxygens (including phenoxy) is 2. The largest absolute Gasteiger partial charge is 0.496 e. The normalized spacial score (nSPS) is 14.0. The van der Waals surface area contributed by atoms with E-state index in [0.717, 1.165) is 30.6 Å². The van der Waals surface area contributed by atoms with Crippen LogP contribution in [0.15, 0.2) is 12.1 Å². The maximum absolute atomic E-state index is 6.11. The Morgan fingerprint density at radius 3 is 2.32 bits per heavy atom. The molecule has 0 bridgehead atoms. The molecule has 1 aromatic rings. The van der Waals surface area contributed by atoms with E-state index >= 15 is 0 Å². The lowest BCUT2D eigenvalue weighted by Gasteiger charge is -2.19. The lowest BCUT2D eigenvalue weighted by atomic mass is 9.93. The summed E-state index contributed by atoms with van der Waals surface area (Å²) in [4.78, 5) is 0. The number of halogens is 1. The summed E-state index contributed by atoms with van der Waals surface area (Å²) in [6.45, 7) is 4.29. The predicted molar refractivity (Wildman–Crippen MR) is 80.5 cm³/mol. The minimum atomic E-state index is 0.266. The summed E-state index contributed by atoms with van der Waals surface area (Å²) in [5, 5.41) is 0.570. The molecule has 0 spiro atoms. The summed E-state index contributed by atoms with van der Waals surface area (Å²) in [7, 11) is 3.28. The van der Waals surface area contributed by atoms with Gasteiger partial charge in [0, 0.05) is 17.7 Å². The van der Waals surface area contributed by atoms with Crippen LogP contribution in [0.2, 0.25) is 5.02 Å². The van der Waals surface area contributed by atoms with Gasteiger partial charge in [-0.2, -0.15) is 0 Å². The maximum Gasteiger partial charge on any atom is 0.138 e. The van der Waals surface area contributed by atoms with E-state index in [4.69, 9.17) is 26.8 Å². The van der Waals surface area contributed by atoms with Gasteiger partial charge in [-0.1, -0.05) is 25.4 Å². The van der Waals surface area contributed by atoms with E-state index in [1.807, 2.05) is 12.1 Å². The van der Waals surface area contributed by atoms with Crippen molar-refractivity contribution in [2.75, 3.05) is 14.2 Å². The number of benzene rings is 1. The van der Waals surface area contributed by atoms with E-state index in [9.17, 15) is 0 Å². The van der Waals surface area contributed by atoms with Crippen molar-refractivity contribution in [1.29, 1.82) is 0 Å². The first-order valence-electron chi connectivity index (χ1n) is 6.70. The van der Waals surface area contributed by atoms with Crippen LogP contribution in [0.4, 0.5) is 0 Å². The van der Waals surface area contributed by atoms with Crippen LogP contribution in [0.3, 0.4) is 0 Å². The zero-order valence-corrected chi connectivity index (χ0v) is 13.0. The molecule has 0 aliphatic rings. The molecular formula is C15H24ClNO2. The summed E-state index contributed by atoms with van der Waals surface area (Å²) < 4.78 is 10.7. The maximum atomic E-state index is 6.11. The van der Waals surface area contributed by atoms with Crippen molar-refractivity contribution >= 4 is 11.6 Å². The zero-order chi connectivity index (χ0) is 14.4. The van der Waals surface area contributed by atoms with Crippen molar-refractivity contribution < 1.29 is 9.47 Å². The second kappa shape index (κ2) is 7.61. The van der Waals surface area contributed by atoms with E-state index in [-0.39, 0.29) is 6.04 Å². The Labute approximate surface area is 121 Å². The first-order chi connectivity index (χ1) is 9.03. The zero-order valence-electron chi connectivity index (χ0n) is 12.2. The van der Waals surface area contributed by atoms with Crippen LogP contribution in [0.25, 0.3) is 0 Å². The van der Waals surface area contributed by atoms with Crippen LogP contribution in [0.1, 0.15) is 44.6 Å². The Kier molecular flexibility index (Phi) is 6.46.